The molecule has 5 heteroatoms. The van der Waals surface area contributed by atoms with E-state index in [1.807, 2.05) is 0 Å². The lowest BCUT2D eigenvalue weighted by Gasteiger charge is -2.51. The predicted octanol–water partition coefficient (Wildman–Crippen LogP) is 15.3. The molecule has 1 fully saturated rings. The Balaban J connectivity index is 1.15. The minimum atomic E-state index is -0.266. The molecule has 5 heterocycles. The van der Waals surface area contributed by atoms with Crippen LogP contribution in [0.5, 0.6) is 0 Å². The maximum atomic E-state index is 2.87. The molecule has 1 aliphatic carbocycles. The number of anilines is 7. The molecule has 0 spiro atoms. The first-order chi connectivity index (χ1) is 33.7. The molecular weight excluding hydrogens is 836 g/mol. The quantitative estimate of drug-likeness (QED) is 0.160. The molecule has 0 saturated heterocycles. The average molecular weight is 889 g/mol. The van der Waals surface area contributed by atoms with Crippen molar-refractivity contribution < 1.29 is 0 Å². The Kier molecular flexibility index (Phi) is 7.79. The molecular formula is C64H53BN4. The first kappa shape index (κ1) is 39.5. The molecule has 69 heavy (non-hydrogen) atoms. The molecule has 10 aromatic rings. The summed E-state index contributed by atoms with van der Waals surface area (Å²) in [4.78, 5) is 7.98. The third kappa shape index (κ3) is 4.90. The van der Waals surface area contributed by atoms with Crippen molar-refractivity contribution in [2.24, 2.45) is 0 Å². The topological polar surface area (TPSA) is 14.7 Å². The lowest BCUT2D eigenvalue weighted by atomic mass is 9.43. The van der Waals surface area contributed by atoms with Crippen LogP contribution in [-0.2, 0) is 10.8 Å². The monoisotopic (exact) mass is 888 g/mol. The van der Waals surface area contributed by atoms with Gasteiger partial charge < -0.3 is 19.2 Å². The molecule has 2 atom stereocenters. The molecule has 332 valence electrons. The summed E-state index contributed by atoms with van der Waals surface area (Å²) >= 11 is 0. The highest BCUT2D eigenvalue weighted by Crippen LogP contribution is 2.63. The second-order valence-electron chi connectivity index (χ2n) is 21.6. The van der Waals surface area contributed by atoms with Crippen LogP contribution in [0, 0.1) is 6.92 Å². The van der Waals surface area contributed by atoms with E-state index in [-0.39, 0.29) is 23.2 Å². The van der Waals surface area contributed by atoms with Crippen LogP contribution in [0.3, 0.4) is 0 Å². The van der Waals surface area contributed by atoms with Crippen LogP contribution in [0.4, 0.5) is 39.8 Å². The molecule has 0 amide bonds. The van der Waals surface area contributed by atoms with Gasteiger partial charge in [-0.1, -0.05) is 148 Å². The number of aryl methyl sites for hydroxylation is 1. The fourth-order valence-corrected chi connectivity index (χ4v) is 14.6. The van der Waals surface area contributed by atoms with Gasteiger partial charge in [0.15, 0.2) is 0 Å². The summed E-state index contributed by atoms with van der Waals surface area (Å²) in [7, 11) is 0. The predicted molar refractivity (Wildman–Crippen MR) is 292 cm³/mol. The van der Waals surface area contributed by atoms with Gasteiger partial charge in [0.05, 0.1) is 22.3 Å². The zero-order chi connectivity index (χ0) is 46.1. The maximum absolute atomic E-state index is 2.87. The third-order valence-electron chi connectivity index (χ3n) is 17.9. The Bertz CT molecular complexity index is 3790. The number of nitrogens with zero attached hydrogens (tertiary/aromatic N) is 4. The molecule has 1 aromatic heterocycles. The highest BCUT2D eigenvalue weighted by Gasteiger charge is 2.59. The lowest BCUT2D eigenvalue weighted by Crippen LogP contribution is -2.61. The van der Waals surface area contributed by atoms with Crippen LogP contribution in [0.25, 0.3) is 49.4 Å². The van der Waals surface area contributed by atoms with E-state index in [1.165, 1.54) is 125 Å². The van der Waals surface area contributed by atoms with Gasteiger partial charge in [0.1, 0.15) is 0 Å². The van der Waals surface area contributed by atoms with Gasteiger partial charge in [0.25, 0.3) is 0 Å². The normalized spacial score (nSPS) is 19.9. The third-order valence-corrected chi connectivity index (χ3v) is 17.9. The first-order valence-corrected chi connectivity index (χ1v) is 25.2. The molecule has 5 aliphatic rings. The largest absolute Gasteiger partial charge is 0.376 e. The van der Waals surface area contributed by atoms with E-state index in [9.17, 15) is 0 Å². The van der Waals surface area contributed by atoms with Crippen molar-refractivity contribution in [3.8, 4) is 16.8 Å². The van der Waals surface area contributed by atoms with Gasteiger partial charge >= 0.3 is 6.85 Å². The van der Waals surface area contributed by atoms with Crippen molar-refractivity contribution in [2.75, 3.05) is 14.6 Å². The van der Waals surface area contributed by atoms with E-state index in [4.69, 9.17) is 0 Å². The van der Waals surface area contributed by atoms with Gasteiger partial charge in [-0.25, -0.2) is 0 Å². The Morgan fingerprint density at radius 2 is 1.23 bits per heavy atom. The van der Waals surface area contributed by atoms with Crippen molar-refractivity contribution in [2.45, 2.75) is 76.7 Å². The fourth-order valence-electron chi connectivity index (χ4n) is 14.6. The highest BCUT2D eigenvalue weighted by atomic mass is 15.3. The van der Waals surface area contributed by atoms with E-state index >= 15 is 0 Å². The summed E-state index contributed by atoms with van der Waals surface area (Å²) < 4.78 is 2.77. The SMILES string of the molecule is Cc1ccc(N2B3c4cccc5c4-n4c6c(c7ccccc7cc6c6c(N7c8ccccc8C8(C)CCCCC78C)cc(c3c64)-c3cc(N(c4ccccc4)c4ccccc4)ccc32)C5(C)C)cc1. The van der Waals surface area contributed by atoms with Crippen LogP contribution in [0.2, 0.25) is 0 Å². The number of hydrogen-bond acceptors (Lipinski definition) is 3. The number of hydrogen-bond donors (Lipinski definition) is 0. The van der Waals surface area contributed by atoms with Crippen molar-refractivity contribution in [1.82, 2.24) is 4.57 Å². The molecule has 4 nitrogen and oxygen atoms in total. The molecule has 9 aromatic carbocycles. The van der Waals surface area contributed by atoms with Gasteiger partial charge in [-0.3, -0.25) is 0 Å². The molecule has 15 rings (SSSR count). The van der Waals surface area contributed by atoms with Crippen LogP contribution in [0.15, 0.2) is 182 Å². The van der Waals surface area contributed by atoms with E-state index in [1.54, 1.807) is 0 Å². The van der Waals surface area contributed by atoms with E-state index in [0.29, 0.717) is 0 Å². The number of fused-ring (bicyclic) bond motifs is 9. The minimum absolute atomic E-state index is 0.00516. The number of aromatic nitrogens is 1. The van der Waals surface area contributed by atoms with Crippen molar-refractivity contribution in [1.29, 1.82) is 0 Å². The zero-order valence-electron chi connectivity index (χ0n) is 40.0. The Labute approximate surface area is 405 Å². The standard InChI is InChI=1S/C64H53BN4/c1-40-29-31-44(32-30-40)69-53-34-33-45(66(42-20-8-6-9-21-42)43-22-10-7-11-23-43)38-47(53)48-39-55(68-54-28-15-14-25-50(54)63(4)35-16-17-36-64(63,68)5)56-49-37-41-19-12-13-24-46(41)57-59(49)67-60-51(62(57,2)3)26-18-27-52(60)65(69)58(48)61(56)67/h6-15,18-34,37-39H,16-17,35-36H2,1-5H3. The Morgan fingerprint density at radius 3 is 2.01 bits per heavy atom. The summed E-state index contributed by atoms with van der Waals surface area (Å²) in [5, 5.41) is 5.39. The minimum Gasteiger partial charge on any atom is -0.376 e. The first-order valence-electron chi connectivity index (χ1n) is 25.2. The summed E-state index contributed by atoms with van der Waals surface area (Å²) in [5.41, 5.74) is 23.1. The van der Waals surface area contributed by atoms with Crippen LogP contribution in [-0.4, -0.2) is 17.0 Å². The van der Waals surface area contributed by atoms with Crippen LogP contribution < -0.4 is 25.5 Å². The summed E-state index contributed by atoms with van der Waals surface area (Å²) in [5.74, 6) is 0. The van der Waals surface area contributed by atoms with Crippen LogP contribution in [0.1, 0.15) is 75.6 Å². The second-order valence-corrected chi connectivity index (χ2v) is 21.6. The smallest absolute Gasteiger partial charge is 0.333 e. The van der Waals surface area contributed by atoms with Gasteiger partial charge in [0, 0.05) is 67.0 Å². The molecule has 2 unspecified atom stereocenters. The van der Waals surface area contributed by atoms with Gasteiger partial charge in [-0.15, -0.1) is 0 Å². The van der Waals surface area contributed by atoms with Crippen molar-refractivity contribution in [3.63, 3.8) is 0 Å². The van der Waals surface area contributed by atoms with Crippen molar-refractivity contribution in [3.05, 3.63) is 204 Å². The number of para-hydroxylation sites is 4. The highest BCUT2D eigenvalue weighted by molar-refractivity contribution is 6.94. The maximum Gasteiger partial charge on any atom is 0.333 e. The molecule has 4 aliphatic heterocycles. The molecule has 0 N–H and O–H groups in total. The Morgan fingerprint density at radius 1 is 0.536 bits per heavy atom. The molecule has 0 radical (unpaired) electrons. The summed E-state index contributed by atoms with van der Waals surface area (Å²) in [6.07, 6.45) is 4.79. The average Bonchev–Trinajstić information content (AvgIpc) is 3.83. The lowest BCUT2D eigenvalue weighted by molar-refractivity contribution is 0.195. The fraction of sp³-hybridized carbons (Fsp3) is 0.188. The summed E-state index contributed by atoms with van der Waals surface area (Å²) in [6.45, 7) is 12.3. The van der Waals surface area contributed by atoms with E-state index < -0.39 is 0 Å². The molecule has 0 bridgehead atoms. The van der Waals surface area contributed by atoms with Gasteiger partial charge in [-0.05, 0) is 143 Å². The second kappa shape index (κ2) is 13.6. The molecule has 1 saturated carbocycles. The number of benzene rings is 9. The van der Waals surface area contributed by atoms with Gasteiger partial charge in [0.2, 0.25) is 0 Å². The summed E-state index contributed by atoms with van der Waals surface area (Å²) in [6, 6.07) is 69.4. The van der Waals surface area contributed by atoms with E-state index in [2.05, 4.69) is 236 Å². The Hall–Kier alpha value is -7.50. The zero-order valence-corrected chi connectivity index (χ0v) is 40.0. The van der Waals surface area contributed by atoms with Crippen LogP contribution >= 0.6 is 0 Å². The van der Waals surface area contributed by atoms with Crippen molar-refractivity contribution >= 4 is 90.2 Å². The number of rotatable bonds is 5. The van der Waals surface area contributed by atoms with E-state index in [0.717, 1.165) is 23.5 Å². The van der Waals surface area contributed by atoms with Gasteiger partial charge in [-0.2, -0.15) is 0 Å².